The van der Waals surface area contributed by atoms with Crippen LogP contribution in [-0.4, -0.2) is 11.5 Å². The van der Waals surface area contributed by atoms with Gasteiger partial charge in [0.25, 0.3) is 0 Å². The largest absolute Gasteiger partial charge is 0.389 e. The van der Waals surface area contributed by atoms with Crippen molar-refractivity contribution in [3.63, 3.8) is 0 Å². The number of benzene rings is 1. The molecule has 0 saturated carbocycles. The molecule has 0 aliphatic heterocycles. The topological polar surface area (TPSA) is 38.0 Å². The van der Waals surface area contributed by atoms with Gasteiger partial charge in [-0.15, -0.1) is 0 Å². The summed E-state index contributed by atoms with van der Waals surface area (Å²) in [5.74, 6) is 0.819. The molecule has 0 aliphatic carbocycles. The predicted octanol–water partition coefficient (Wildman–Crippen LogP) is 4.99. The van der Waals surface area contributed by atoms with Gasteiger partial charge < -0.3 is 11.1 Å². The second-order valence-electron chi connectivity index (χ2n) is 5.58. The highest BCUT2D eigenvalue weighted by atomic mass is 35.5. The summed E-state index contributed by atoms with van der Waals surface area (Å²) in [4.78, 5) is 0.378. The Morgan fingerprint density at radius 1 is 1.25 bits per heavy atom. The van der Waals surface area contributed by atoms with E-state index >= 15 is 0 Å². The maximum absolute atomic E-state index is 6.19. The summed E-state index contributed by atoms with van der Waals surface area (Å²) in [6.45, 7) is 5.51. The molecule has 0 radical (unpaired) electrons. The van der Waals surface area contributed by atoms with Gasteiger partial charge in [0.15, 0.2) is 0 Å². The van der Waals surface area contributed by atoms with Gasteiger partial charge in [-0.05, 0) is 30.5 Å². The van der Waals surface area contributed by atoms with Crippen molar-refractivity contribution < 1.29 is 0 Å². The number of nitrogens with two attached hydrogens (primary N) is 1. The molecule has 20 heavy (non-hydrogen) atoms. The maximum atomic E-state index is 6.19. The number of thiocarbonyl (C=S) groups is 1. The summed E-state index contributed by atoms with van der Waals surface area (Å²) in [7, 11) is 0. The summed E-state index contributed by atoms with van der Waals surface area (Å²) in [6.07, 6.45) is 6.42. The fourth-order valence-corrected chi connectivity index (χ4v) is 2.44. The second kappa shape index (κ2) is 9.19. The van der Waals surface area contributed by atoms with Crippen LogP contribution in [0.5, 0.6) is 0 Å². The first-order chi connectivity index (χ1) is 9.50. The normalized spacial score (nSPS) is 10.8. The Kier molecular flexibility index (Phi) is 7.93. The Hall–Kier alpha value is -0.800. The molecule has 1 aromatic carbocycles. The van der Waals surface area contributed by atoms with Crippen molar-refractivity contribution in [2.45, 2.75) is 46.0 Å². The van der Waals surface area contributed by atoms with Crippen molar-refractivity contribution in [3.05, 3.63) is 28.8 Å². The van der Waals surface area contributed by atoms with E-state index in [-0.39, 0.29) is 0 Å². The molecule has 0 saturated heterocycles. The monoisotopic (exact) mass is 312 g/mol. The molecule has 0 aliphatic rings. The second-order valence-corrected chi connectivity index (χ2v) is 6.43. The highest BCUT2D eigenvalue weighted by Gasteiger charge is 2.03. The third-order valence-corrected chi connectivity index (χ3v) is 3.83. The van der Waals surface area contributed by atoms with Crippen LogP contribution in [0.3, 0.4) is 0 Å². The molecule has 2 nitrogen and oxygen atoms in total. The van der Waals surface area contributed by atoms with E-state index in [1.807, 2.05) is 18.2 Å². The molecule has 0 atom stereocenters. The van der Waals surface area contributed by atoms with Crippen LogP contribution in [0.15, 0.2) is 18.2 Å². The SMILES string of the molecule is CC(C)CCCCCCNc1ccc(C(N)=S)cc1Cl. The summed E-state index contributed by atoms with van der Waals surface area (Å²) < 4.78 is 0. The minimum Gasteiger partial charge on any atom is -0.389 e. The van der Waals surface area contributed by atoms with Crippen molar-refractivity contribution >= 4 is 34.5 Å². The molecule has 3 N–H and O–H groups in total. The van der Waals surface area contributed by atoms with E-state index in [0.29, 0.717) is 10.0 Å². The number of halogens is 1. The summed E-state index contributed by atoms with van der Waals surface area (Å²) in [6, 6.07) is 5.66. The van der Waals surface area contributed by atoms with Crippen molar-refractivity contribution in [2.24, 2.45) is 11.7 Å². The fraction of sp³-hybridized carbons (Fsp3) is 0.562. The first-order valence-electron chi connectivity index (χ1n) is 7.34. The molecule has 4 heteroatoms. The lowest BCUT2D eigenvalue weighted by molar-refractivity contribution is 0.523. The van der Waals surface area contributed by atoms with Crippen LogP contribution >= 0.6 is 23.8 Å². The average Bonchev–Trinajstić information content (AvgIpc) is 2.38. The van der Waals surface area contributed by atoms with Gasteiger partial charge in [0.2, 0.25) is 0 Å². The van der Waals surface area contributed by atoms with Crippen molar-refractivity contribution in [3.8, 4) is 0 Å². The van der Waals surface area contributed by atoms with E-state index < -0.39 is 0 Å². The first kappa shape index (κ1) is 17.3. The molecular formula is C16H25ClN2S. The van der Waals surface area contributed by atoms with E-state index in [1.165, 1.54) is 32.1 Å². The molecular weight excluding hydrogens is 288 g/mol. The number of hydrogen-bond donors (Lipinski definition) is 2. The van der Waals surface area contributed by atoms with E-state index in [0.717, 1.165) is 23.7 Å². The third-order valence-electron chi connectivity index (χ3n) is 3.28. The molecule has 112 valence electrons. The van der Waals surface area contributed by atoms with Crippen molar-refractivity contribution in [1.29, 1.82) is 0 Å². The zero-order valence-electron chi connectivity index (χ0n) is 12.4. The molecule has 1 aromatic rings. The van der Waals surface area contributed by atoms with Crippen molar-refractivity contribution in [2.75, 3.05) is 11.9 Å². The molecule has 0 aromatic heterocycles. The molecule has 0 amide bonds. The molecule has 0 spiro atoms. The van der Waals surface area contributed by atoms with E-state index in [9.17, 15) is 0 Å². The van der Waals surface area contributed by atoms with E-state index in [1.54, 1.807) is 0 Å². The highest BCUT2D eigenvalue weighted by Crippen LogP contribution is 2.23. The Bertz CT molecular complexity index is 432. The lowest BCUT2D eigenvalue weighted by Gasteiger charge is -2.10. The van der Waals surface area contributed by atoms with Gasteiger partial charge in [-0.25, -0.2) is 0 Å². The van der Waals surface area contributed by atoms with Crippen LogP contribution in [-0.2, 0) is 0 Å². The standard InChI is InChI=1S/C16H25ClN2S/c1-12(2)7-5-3-4-6-10-19-15-9-8-13(16(18)20)11-14(15)17/h8-9,11-12,19H,3-7,10H2,1-2H3,(H2,18,20). The van der Waals surface area contributed by atoms with Gasteiger partial charge in [0.1, 0.15) is 4.99 Å². The zero-order valence-corrected chi connectivity index (χ0v) is 14.0. The summed E-state index contributed by atoms with van der Waals surface area (Å²) in [5.41, 5.74) is 7.34. The molecule has 0 bridgehead atoms. The third kappa shape index (κ3) is 6.58. The van der Waals surface area contributed by atoms with Gasteiger partial charge in [0, 0.05) is 12.1 Å². The van der Waals surface area contributed by atoms with Gasteiger partial charge in [-0.2, -0.15) is 0 Å². The quantitative estimate of drug-likeness (QED) is 0.498. The lowest BCUT2D eigenvalue weighted by atomic mass is 10.0. The van der Waals surface area contributed by atoms with Crippen LogP contribution in [0.2, 0.25) is 5.02 Å². The molecule has 0 heterocycles. The molecule has 0 fully saturated rings. The van der Waals surface area contributed by atoms with Gasteiger partial charge in [-0.1, -0.05) is 63.3 Å². The van der Waals surface area contributed by atoms with E-state index in [4.69, 9.17) is 29.6 Å². The minimum atomic E-state index is 0.378. The van der Waals surface area contributed by atoms with Crippen LogP contribution in [0.1, 0.15) is 51.5 Å². The lowest BCUT2D eigenvalue weighted by Crippen LogP contribution is -2.09. The fourth-order valence-electron chi connectivity index (χ4n) is 2.07. The molecule has 1 rings (SSSR count). The zero-order chi connectivity index (χ0) is 15.0. The first-order valence-corrected chi connectivity index (χ1v) is 8.12. The summed E-state index contributed by atoms with van der Waals surface area (Å²) >= 11 is 11.1. The Labute approximate surface area is 133 Å². The van der Waals surface area contributed by atoms with Crippen LogP contribution in [0.4, 0.5) is 5.69 Å². The van der Waals surface area contributed by atoms with E-state index in [2.05, 4.69) is 19.2 Å². The highest BCUT2D eigenvalue weighted by molar-refractivity contribution is 7.80. The summed E-state index contributed by atoms with van der Waals surface area (Å²) in [5, 5.41) is 4.04. The Morgan fingerprint density at radius 2 is 1.95 bits per heavy atom. The van der Waals surface area contributed by atoms with Crippen LogP contribution in [0.25, 0.3) is 0 Å². The van der Waals surface area contributed by atoms with Crippen LogP contribution in [0, 0.1) is 5.92 Å². The minimum absolute atomic E-state index is 0.378. The van der Waals surface area contributed by atoms with Gasteiger partial charge in [0.05, 0.1) is 10.7 Å². The Balaban J connectivity index is 2.24. The number of nitrogens with one attached hydrogen (secondary N) is 1. The van der Waals surface area contributed by atoms with Crippen molar-refractivity contribution in [1.82, 2.24) is 0 Å². The number of anilines is 1. The maximum Gasteiger partial charge on any atom is 0.104 e. The van der Waals surface area contributed by atoms with Gasteiger partial charge >= 0.3 is 0 Å². The number of unbranched alkanes of at least 4 members (excludes halogenated alkanes) is 3. The Morgan fingerprint density at radius 3 is 2.55 bits per heavy atom. The average molecular weight is 313 g/mol. The van der Waals surface area contributed by atoms with Crippen LogP contribution < -0.4 is 11.1 Å². The smallest absolute Gasteiger partial charge is 0.104 e. The molecule has 0 unspecified atom stereocenters. The number of rotatable bonds is 9. The predicted molar refractivity (Wildman–Crippen MR) is 93.8 cm³/mol. The number of hydrogen-bond acceptors (Lipinski definition) is 2. The van der Waals surface area contributed by atoms with Gasteiger partial charge in [-0.3, -0.25) is 0 Å².